The molecule has 3 aliphatic heterocycles. The van der Waals surface area contributed by atoms with Crippen molar-refractivity contribution in [3.63, 3.8) is 0 Å². The minimum atomic E-state index is -2.99. The highest BCUT2D eigenvalue weighted by atomic mass is 19.3. The van der Waals surface area contributed by atoms with Crippen molar-refractivity contribution in [2.75, 3.05) is 26.3 Å². The van der Waals surface area contributed by atoms with Crippen LogP contribution in [0.4, 0.5) is 13.6 Å². The van der Waals surface area contributed by atoms with Gasteiger partial charge in [-0.25, -0.2) is 4.79 Å². The molecule has 0 N–H and O–H groups in total. The van der Waals surface area contributed by atoms with Gasteiger partial charge in [-0.05, 0) is 39.0 Å². The molecule has 176 valence electrons. The topological polar surface area (TPSA) is 78.8 Å². The Morgan fingerprint density at radius 1 is 1.31 bits per heavy atom. The molecule has 2 saturated heterocycles. The van der Waals surface area contributed by atoms with Gasteiger partial charge in [-0.1, -0.05) is 5.16 Å². The molecule has 2 fully saturated rings. The number of hydrogen-bond acceptors (Lipinski definition) is 7. The number of carbonyl (C=O) groups is 1. The Labute approximate surface area is 185 Å². The number of halogens is 2. The summed E-state index contributed by atoms with van der Waals surface area (Å²) in [6.45, 7) is 4.23. The van der Waals surface area contributed by atoms with Crippen molar-refractivity contribution < 1.29 is 37.4 Å². The number of nitrogens with zero attached hydrogens (tertiary/aromatic N) is 2. The lowest BCUT2D eigenvalue weighted by Crippen LogP contribution is -2.36. The Morgan fingerprint density at radius 2 is 2.12 bits per heavy atom. The molecule has 0 aliphatic carbocycles. The van der Waals surface area contributed by atoms with Crippen molar-refractivity contribution >= 4 is 11.8 Å². The fraction of sp³-hybridized carbons (Fsp3) is 0.636. The molecule has 0 radical (unpaired) electrons. The molecule has 3 aliphatic rings. The van der Waals surface area contributed by atoms with Crippen LogP contribution in [0.15, 0.2) is 23.4 Å². The first-order valence-electron chi connectivity index (χ1n) is 10.7. The molecule has 10 heteroatoms. The van der Waals surface area contributed by atoms with Crippen LogP contribution in [0.5, 0.6) is 11.5 Å². The number of alkyl halides is 2. The number of rotatable bonds is 5. The molecule has 1 aromatic carbocycles. The largest absolute Gasteiger partial charge is 0.485 e. The van der Waals surface area contributed by atoms with Crippen LogP contribution in [0.1, 0.15) is 45.6 Å². The van der Waals surface area contributed by atoms with Gasteiger partial charge in [0.1, 0.15) is 11.7 Å². The molecule has 1 unspecified atom stereocenters. The van der Waals surface area contributed by atoms with Crippen LogP contribution in [-0.2, 0) is 14.3 Å². The molecule has 32 heavy (non-hydrogen) atoms. The Hall–Kier alpha value is -2.62. The third-order valence-corrected chi connectivity index (χ3v) is 5.49. The van der Waals surface area contributed by atoms with E-state index in [9.17, 15) is 13.6 Å². The summed E-state index contributed by atoms with van der Waals surface area (Å²) >= 11 is 0. The summed E-state index contributed by atoms with van der Waals surface area (Å²) in [5.74, 6) is 0.100. The van der Waals surface area contributed by atoms with Crippen LogP contribution < -0.4 is 9.47 Å². The number of hydrogen-bond donors (Lipinski definition) is 0. The monoisotopic (exact) mass is 454 g/mol. The van der Waals surface area contributed by atoms with E-state index in [-0.39, 0.29) is 24.1 Å². The molecule has 8 nitrogen and oxygen atoms in total. The van der Waals surface area contributed by atoms with Crippen LogP contribution in [0.25, 0.3) is 0 Å². The van der Waals surface area contributed by atoms with Crippen molar-refractivity contribution in [3.05, 3.63) is 23.8 Å². The first kappa shape index (κ1) is 22.6. The fourth-order valence-corrected chi connectivity index (χ4v) is 3.95. The Kier molecular flexibility index (Phi) is 6.15. The average molecular weight is 454 g/mol. The molecule has 0 aromatic heterocycles. The fourth-order valence-electron chi connectivity index (χ4n) is 3.95. The summed E-state index contributed by atoms with van der Waals surface area (Å²) < 4.78 is 47.4. The standard InChI is InChI=1S/C22H28F2N2O6/c1-21(2,3)31-20(27)26-8-6-15(12-26)29-18-10-14(4-5-17(18)30-19(23)24)16-11-22(32-25-16)7-9-28-13-22/h4-5,10,15,19H,6-9,11-13H2,1-3H3/t15-,22?/m1/s1. The highest BCUT2D eigenvalue weighted by molar-refractivity contribution is 6.02. The van der Waals surface area contributed by atoms with E-state index in [4.69, 9.17) is 19.0 Å². The van der Waals surface area contributed by atoms with Gasteiger partial charge in [0, 0.05) is 31.4 Å². The zero-order chi connectivity index (χ0) is 22.9. The zero-order valence-electron chi connectivity index (χ0n) is 18.4. The second-order valence-corrected chi connectivity index (χ2v) is 9.29. The van der Waals surface area contributed by atoms with E-state index in [0.717, 1.165) is 6.42 Å². The number of benzene rings is 1. The third-order valence-electron chi connectivity index (χ3n) is 5.49. The lowest BCUT2D eigenvalue weighted by atomic mass is 9.93. The summed E-state index contributed by atoms with van der Waals surface area (Å²) in [5.41, 5.74) is 0.348. The van der Waals surface area contributed by atoms with Gasteiger partial charge in [0.15, 0.2) is 17.1 Å². The minimum Gasteiger partial charge on any atom is -0.485 e. The normalized spacial score (nSPS) is 25.2. The van der Waals surface area contributed by atoms with Crippen molar-refractivity contribution in [3.8, 4) is 11.5 Å². The van der Waals surface area contributed by atoms with Crippen LogP contribution in [-0.4, -0.2) is 66.9 Å². The molecule has 1 amide bonds. The smallest absolute Gasteiger partial charge is 0.410 e. The van der Waals surface area contributed by atoms with Crippen molar-refractivity contribution in [1.29, 1.82) is 0 Å². The molecule has 4 rings (SSSR count). The molecule has 0 bridgehead atoms. The van der Waals surface area contributed by atoms with E-state index < -0.39 is 23.9 Å². The number of oxime groups is 1. The average Bonchev–Trinajstić information content (AvgIpc) is 3.44. The number of likely N-dealkylation sites (tertiary alicyclic amines) is 1. The maximum absolute atomic E-state index is 12.9. The molecule has 0 saturated carbocycles. The number of amides is 1. The summed E-state index contributed by atoms with van der Waals surface area (Å²) in [4.78, 5) is 19.5. The van der Waals surface area contributed by atoms with E-state index in [0.29, 0.717) is 43.9 Å². The van der Waals surface area contributed by atoms with Crippen LogP contribution >= 0.6 is 0 Å². The second kappa shape index (κ2) is 8.73. The zero-order valence-corrected chi connectivity index (χ0v) is 18.4. The van der Waals surface area contributed by atoms with Gasteiger partial charge >= 0.3 is 12.7 Å². The van der Waals surface area contributed by atoms with Gasteiger partial charge in [0.2, 0.25) is 0 Å². The second-order valence-electron chi connectivity index (χ2n) is 9.29. The predicted molar refractivity (Wildman–Crippen MR) is 110 cm³/mol. The third kappa shape index (κ3) is 5.23. The van der Waals surface area contributed by atoms with E-state index in [2.05, 4.69) is 9.89 Å². The highest BCUT2D eigenvalue weighted by Crippen LogP contribution is 2.37. The predicted octanol–water partition coefficient (Wildman–Crippen LogP) is 3.96. The van der Waals surface area contributed by atoms with Crippen molar-refractivity contribution in [2.45, 2.75) is 64.0 Å². The van der Waals surface area contributed by atoms with Gasteiger partial charge < -0.3 is 28.7 Å². The van der Waals surface area contributed by atoms with Crippen molar-refractivity contribution in [2.24, 2.45) is 5.16 Å². The molecular weight excluding hydrogens is 426 g/mol. The minimum absolute atomic E-state index is 0.0714. The van der Waals surface area contributed by atoms with Crippen LogP contribution in [0, 0.1) is 0 Å². The lowest BCUT2D eigenvalue weighted by molar-refractivity contribution is -0.0520. The summed E-state index contributed by atoms with van der Waals surface area (Å²) in [6.07, 6.45) is 1.05. The number of ether oxygens (including phenoxy) is 4. The van der Waals surface area contributed by atoms with Gasteiger partial charge in [-0.2, -0.15) is 8.78 Å². The van der Waals surface area contributed by atoms with Crippen LogP contribution in [0.2, 0.25) is 0 Å². The summed E-state index contributed by atoms with van der Waals surface area (Å²) in [7, 11) is 0. The maximum atomic E-state index is 12.9. The van der Waals surface area contributed by atoms with E-state index in [1.54, 1.807) is 37.8 Å². The van der Waals surface area contributed by atoms with Crippen molar-refractivity contribution in [1.82, 2.24) is 4.90 Å². The molecule has 1 aromatic rings. The molecule has 1 spiro atoms. The maximum Gasteiger partial charge on any atom is 0.410 e. The highest BCUT2D eigenvalue weighted by Gasteiger charge is 2.43. The van der Waals surface area contributed by atoms with Gasteiger partial charge in [0.25, 0.3) is 0 Å². The van der Waals surface area contributed by atoms with Gasteiger partial charge in [-0.3, -0.25) is 0 Å². The first-order valence-corrected chi connectivity index (χ1v) is 10.7. The number of carbonyl (C=O) groups excluding carboxylic acids is 1. The van der Waals surface area contributed by atoms with E-state index >= 15 is 0 Å². The summed E-state index contributed by atoms with van der Waals surface area (Å²) in [5, 5.41) is 4.20. The summed E-state index contributed by atoms with van der Waals surface area (Å²) in [6, 6.07) is 4.73. The quantitative estimate of drug-likeness (QED) is 0.670. The molecular formula is C22H28F2N2O6. The van der Waals surface area contributed by atoms with Gasteiger partial charge in [-0.15, -0.1) is 0 Å². The van der Waals surface area contributed by atoms with E-state index in [1.165, 1.54) is 6.07 Å². The SMILES string of the molecule is CC(C)(C)OC(=O)N1CC[C@@H](Oc2cc(C3=NOC4(CCOC4)C3)ccc2OC(F)F)C1. The Balaban J connectivity index is 1.47. The molecule has 2 atom stereocenters. The Morgan fingerprint density at radius 3 is 2.81 bits per heavy atom. The van der Waals surface area contributed by atoms with Crippen LogP contribution in [0.3, 0.4) is 0 Å². The Bertz CT molecular complexity index is 880. The molecule has 3 heterocycles. The van der Waals surface area contributed by atoms with Gasteiger partial charge in [0.05, 0.1) is 25.5 Å². The lowest BCUT2D eigenvalue weighted by Gasteiger charge is -2.24. The van der Waals surface area contributed by atoms with E-state index in [1.807, 2.05) is 0 Å². The first-order chi connectivity index (χ1) is 15.1.